The molecule has 2 saturated heterocycles. The maximum atomic E-state index is 13.2. The van der Waals surface area contributed by atoms with Gasteiger partial charge in [0, 0.05) is 18.2 Å². The van der Waals surface area contributed by atoms with Gasteiger partial charge in [-0.25, -0.2) is 19.7 Å². The number of H-pyrrole nitrogens is 1. The summed E-state index contributed by atoms with van der Waals surface area (Å²) in [6.45, 7) is 1.73. The minimum absolute atomic E-state index is 0.0429. The normalized spacial score (nSPS) is 20.3. The van der Waals surface area contributed by atoms with E-state index < -0.39 is 17.5 Å². The van der Waals surface area contributed by atoms with Gasteiger partial charge in [0.2, 0.25) is 5.54 Å². The van der Waals surface area contributed by atoms with Crippen LogP contribution in [-0.4, -0.2) is 93.8 Å². The molecule has 0 unspecified atom stereocenters. The van der Waals surface area contributed by atoms with Gasteiger partial charge in [-0.15, -0.1) is 0 Å². The maximum absolute atomic E-state index is 13.2. The first-order valence-corrected chi connectivity index (χ1v) is 13.7. The summed E-state index contributed by atoms with van der Waals surface area (Å²) < 4.78 is 12.3. The number of imide groups is 1. The molecule has 43 heavy (non-hydrogen) atoms. The number of methoxy groups -OCH3 is 2. The Morgan fingerprint density at radius 2 is 1.86 bits per heavy atom. The fourth-order valence-corrected chi connectivity index (χ4v) is 5.68. The van der Waals surface area contributed by atoms with Crippen LogP contribution in [0.5, 0.6) is 11.5 Å². The maximum Gasteiger partial charge on any atom is 0.343 e. The summed E-state index contributed by atoms with van der Waals surface area (Å²) >= 11 is 0. The van der Waals surface area contributed by atoms with Gasteiger partial charge in [-0.1, -0.05) is 12.0 Å². The van der Waals surface area contributed by atoms with Crippen molar-refractivity contribution < 1.29 is 23.9 Å². The summed E-state index contributed by atoms with van der Waals surface area (Å²) in [5.41, 5.74) is -0.297. The van der Waals surface area contributed by atoms with E-state index >= 15 is 0 Å². The fourth-order valence-electron chi connectivity index (χ4n) is 5.68. The summed E-state index contributed by atoms with van der Waals surface area (Å²) in [5, 5.41) is 11.6. The Kier molecular flexibility index (Phi) is 7.10. The second-order valence-electron chi connectivity index (χ2n) is 10.8. The van der Waals surface area contributed by atoms with E-state index in [1.807, 2.05) is 7.05 Å². The van der Waals surface area contributed by atoms with Crippen molar-refractivity contribution >= 4 is 17.8 Å². The average Bonchev–Trinajstić information content (AvgIpc) is 3.63. The van der Waals surface area contributed by atoms with Crippen molar-refractivity contribution in [3.05, 3.63) is 57.6 Å². The number of urea groups is 1. The van der Waals surface area contributed by atoms with Gasteiger partial charge >= 0.3 is 11.7 Å². The number of nitrogens with one attached hydrogen (secondary N) is 3. The molecule has 3 aliphatic heterocycles. The second kappa shape index (κ2) is 10.9. The lowest BCUT2D eigenvalue weighted by atomic mass is 9.99. The highest BCUT2D eigenvalue weighted by Crippen LogP contribution is 2.30. The van der Waals surface area contributed by atoms with E-state index in [9.17, 15) is 19.2 Å². The first-order valence-electron chi connectivity index (χ1n) is 13.7. The van der Waals surface area contributed by atoms with E-state index in [1.54, 1.807) is 34.9 Å². The molecule has 14 nitrogen and oxygen atoms in total. The number of aromatic nitrogens is 4. The molecule has 0 saturated carbocycles. The van der Waals surface area contributed by atoms with Crippen LogP contribution in [0.15, 0.2) is 35.1 Å². The third-order valence-corrected chi connectivity index (χ3v) is 8.02. The van der Waals surface area contributed by atoms with Crippen molar-refractivity contribution in [2.75, 3.05) is 40.9 Å². The van der Waals surface area contributed by atoms with Crippen molar-refractivity contribution in [2.24, 2.45) is 0 Å². The lowest BCUT2D eigenvalue weighted by Gasteiger charge is -2.29. The van der Waals surface area contributed by atoms with Gasteiger partial charge in [-0.2, -0.15) is 5.10 Å². The molecule has 3 N–H and O–H groups in total. The highest BCUT2D eigenvalue weighted by Gasteiger charge is 2.48. The number of ether oxygens (including phenoxy) is 2. The topological polar surface area (TPSA) is 164 Å². The van der Waals surface area contributed by atoms with Crippen LogP contribution in [0.3, 0.4) is 0 Å². The zero-order chi connectivity index (χ0) is 30.3. The molecular formula is C29H30N8O6. The van der Waals surface area contributed by atoms with Crippen molar-refractivity contribution in [2.45, 2.75) is 31.0 Å². The molecule has 2 aromatic heterocycles. The van der Waals surface area contributed by atoms with Gasteiger partial charge in [0.25, 0.3) is 11.8 Å². The fraction of sp³-hybridized carbons (Fsp3) is 0.379. The first-order chi connectivity index (χ1) is 20.7. The van der Waals surface area contributed by atoms with E-state index in [-0.39, 0.29) is 36.4 Å². The molecule has 0 aliphatic carbocycles. The molecule has 4 amide bonds. The molecule has 1 aromatic carbocycles. The molecule has 1 atom stereocenters. The standard InChI is InChI=1S/C29H30N8O6/c1-35-12-9-18(10-13-35)37-24(33-34-28(37)41)22-6-7-23(43-3)21(30-22)8-11-29(26(39)31-27(40)32-29)16-36-15-17-4-5-19(42-2)14-20(17)25(36)38/h4-7,14,18H,9-10,12-13,15-16H2,1-3H3,(H,34,41)(H2,31,32,39,40)/t29-/m1/s1. The molecule has 6 rings (SSSR count). The molecule has 0 radical (unpaired) electrons. The largest absolute Gasteiger partial charge is 0.497 e. The van der Waals surface area contributed by atoms with E-state index in [0.29, 0.717) is 28.6 Å². The zero-order valence-electron chi connectivity index (χ0n) is 23.9. The number of hydrogen-bond acceptors (Lipinski definition) is 9. The van der Waals surface area contributed by atoms with Gasteiger partial charge in [0.1, 0.15) is 11.4 Å². The second-order valence-corrected chi connectivity index (χ2v) is 10.8. The molecule has 0 bridgehead atoms. The van der Waals surface area contributed by atoms with Crippen LogP contribution in [0.2, 0.25) is 0 Å². The summed E-state index contributed by atoms with van der Waals surface area (Å²) in [6, 6.07) is 7.75. The summed E-state index contributed by atoms with van der Waals surface area (Å²) in [5.74, 6) is 5.98. The third kappa shape index (κ3) is 5.08. The molecule has 5 heterocycles. The molecule has 0 spiro atoms. The number of carbonyl (C=O) groups is 3. The number of piperidine rings is 1. The van der Waals surface area contributed by atoms with Crippen LogP contribution in [0.1, 0.15) is 40.5 Å². The van der Waals surface area contributed by atoms with E-state index in [1.165, 1.54) is 19.1 Å². The number of amides is 4. The number of aromatic amines is 1. The van der Waals surface area contributed by atoms with Crippen molar-refractivity contribution in [3.8, 4) is 34.9 Å². The van der Waals surface area contributed by atoms with Gasteiger partial charge in [-0.05, 0) is 68.7 Å². The number of benzene rings is 1. The number of likely N-dealkylation sites (tertiary alicyclic amines) is 1. The highest BCUT2D eigenvalue weighted by molar-refractivity contribution is 6.10. The van der Waals surface area contributed by atoms with Gasteiger partial charge in [0.15, 0.2) is 17.3 Å². The molecule has 14 heteroatoms. The van der Waals surface area contributed by atoms with Gasteiger partial charge in [0.05, 0.1) is 20.8 Å². The van der Waals surface area contributed by atoms with Gasteiger partial charge < -0.3 is 24.6 Å². The highest BCUT2D eigenvalue weighted by atomic mass is 16.5. The predicted octanol–water partition coefficient (Wildman–Crippen LogP) is 0.503. The van der Waals surface area contributed by atoms with Crippen LogP contribution in [0.4, 0.5) is 4.79 Å². The lowest BCUT2D eigenvalue weighted by molar-refractivity contribution is -0.122. The SMILES string of the molecule is COc1ccc2c(c1)C(=O)N(C[C@@]1(C#Cc3nc(-c4n[nH]c(=O)n4C4CCN(C)CC4)ccc3OC)NC(=O)NC1=O)C2. The average molecular weight is 587 g/mol. The minimum atomic E-state index is -1.75. The van der Waals surface area contributed by atoms with Gasteiger partial charge in [-0.3, -0.25) is 19.5 Å². The van der Waals surface area contributed by atoms with Crippen LogP contribution in [0, 0.1) is 11.8 Å². The van der Waals surface area contributed by atoms with E-state index in [0.717, 1.165) is 31.5 Å². The van der Waals surface area contributed by atoms with Crippen LogP contribution in [0.25, 0.3) is 11.5 Å². The number of fused-ring (bicyclic) bond motifs is 1. The number of carbonyl (C=O) groups excluding carboxylic acids is 3. The van der Waals surface area contributed by atoms with E-state index in [2.05, 4.69) is 42.6 Å². The van der Waals surface area contributed by atoms with E-state index in [4.69, 9.17) is 9.47 Å². The Hall–Kier alpha value is -5.16. The summed E-state index contributed by atoms with van der Waals surface area (Å²) in [4.78, 5) is 59.7. The lowest BCUT2D eigenvalue weighted by Crippen LogP contribution is -2.54. The molecule has 222 valence electrons. The Balaban J connectivity index is 1.34. The molecule has 3 aliphatic rings. The van der Waals surface area contributed by atoms with Crippen molar-refractivity contribution in [3.63, 3.8) is 0 Å². The molecular weight excluding hydrogens is 556 g/mol. The first kappa shape index (κ1) is 28.0. The Bertz CT molecular complexity index is 1750. The zero-order valence-corrected chi connectivity index (χ0v) is 23.9. The monoisotopic (exact) mass is 586 g/mol. The van der Waals surface area contributed by atoms with Crippen LogP contribution < -0.4 is 25.8 Å². The number of hydrogen-bond donors (Lipinski definition) is 3. The Labute approximate surface area is 246 Å². The van der Waals surface area contributed by atoms with Crippen molar-refractivity contribution in [1.82, 2.24) is 40.2 Å². The molecule has 3 aromatic rings. The summed E-state index contributed by atoms with van der Waals surface area (Å²) in [7, 11) is 5.01. The van der Waals surface area contributed by atoms with Crippen LogP contribution >= 0.6 is 0 Å². The number of nitrogens with zero attached hydrogens (tertiary/aromatic N) is 5. The quantitative estimate of drug-likeness (QED) is 0.276. The van der Waals surface area contributed by atoms with Crippen molar-refractivity contribution in [1.29, 1.82) is 0 Å². The predicted molar refractivity (Wildman–Crippen MR) is 152 cm³/mol. The van der Waals surface area contributed by atoms with Crippen LogP contribution in [-0.2, 0) is 11.3 Å². The third-order valence-electron chi connectivity index (χ3n) is 8.02. The Morgan fingerprint density at radius 1 is 1.07 bits per heavy atom. The Morgan fingerprint density at radius 3 is 2.56 bits per heavy atom. The number of rotatable bonds is 6. The summed E-state index contributed by atoms with van der Waals surface area (Å²) in [6.07, 6.45) is 1.57. The minimum Gasteiger partial charge on any atom is -0.497 e. The number of pyridine rings is 1. The molecule has 2 fully saturated rings. The smallest absolute Gasteiger partial charge is 0.343 e.